The van der Waals surface area contributed by atoms with Gasteiger partial charge in [0.25, 0.3) is 15.9 Å². The van der Waals surface area contributed by atoms with E-state index in [0.717, 1.165) is 6.20 Å². The highest BCUT2D eigenvalue weighted by atomic mass is 35.5. The van der Waals surface area contributed by atoms with Gasteiger partial charge in [0.05, 0.1) is 24.1 Å². The van der Waals surface area contributed by atoms with E-state index in [9.17, 15) is 13.2 Å². The van der Waals surface area contributed by atoms with Gasteiger partial charge in [-0.2, -0.15) is 5.10 Å². The number of amides is 1. The molecule has 30 heavy (non-hydrogen) atoms. The number of hydrogen-bond donors (Lipinski definition) is 2. The van der Waals surface area contributed by atoms with Crippen LogP contribution in [0.2, 0.25) is 5.15 Å². The highest BCUT2D eigenvalue weighted by Gasteiger charge is 2.24. The van der Waals surface area contributed by atoms with E-state index in [1.807, 2.05) is 25.5 Å². The third-order valence-electron chi connectivity index (χ3n) is 3.83. The molecule has 0 saturated carbocycles. The van der Waals surface area contributed by atoms with E-state index in [2.05, 4.69) is 20.3 Å². The number of pyridine rings is 1. The molecule has 2 N–H and O–H groups in total. The number of hydrogen-bond acceptors (Lipinski definition) is 7. The molecule has 0 fully saturated rings. The first-order valence-electron chi connectivity index (χ1n) is 8.89. The minimum Gasteiger partial charge on any atom is -0.476 e. The third kappa shape index (κ3) is 4.97. The molecule has 0 bridgehead atoms. The standard InChI is InChI=1S/C18H21ClN6O4S/c1-11-13(9-20-22-11)30(27,28)24-17(26)12-5-6-14(21-16(12)19)25-8-7-15(23-25)29-10-18(2,3)4/h5-9H,10H2,1-4H3,(H,20,22)(H,24,26). The predicted molar refractivity (Wildman–Crippen MR) is 109 cm³/mol. The molecular formula is C18H21ClN6O4S. The van der Waals surface area contributed by atoms with Crippen molar-refractivity contribution in [2.75, 3.05) is 6.61 Å². The monoisotopic (exact) mass is 452 g/mol. The van der Waals surface area contributed by atoms with Gasteiger partial charge in [0.1, 0.15) is 10.0 Å². The summed E-state index contributed by atoms with van der Waals surface area (Å²) in [7, 11) is -4.10. The Hall–Kier alpha value is -2.92. The SMILES string of the molecule is Cc1[nH]ncc1S(=O)(=O)NC(=O)c1ccc(-n2ccc(OCC(C)(C)C)n2)nc1Cl. The summed E-state index contributed by atoms with van der Waals surface area (Å²) < 4.78 is 33.7. The molecule has 0 radical (unpaired) electrons. The summed E-state index contributed by atoms with van der Waals surface area (Å²) >= 11 is 6.13. The molecule has 0 aliphatic rings. The molecule has 3 heterocycles. The lowest BCUT2D eigenvalue weighted by Gasteiger charge is -2.17. The Bertz CT molecular complexity index is 1180. The van der Waals surface area contributed by atoms with Crippen molar-refractivity contribution in [2.24, 2.45) is 5.41 Å². The topological polar surface area (TPSA) is 132 Å². The maximum Gasteiger partial charge on any atom is 0.268 e. The maximum atomic E-state index is 12.4. The van der Waals surface area contributed by atoms with E-state index in [4.69, 9.17) is 16.3 Å². The molecule has 0 atom stereocenters. The quantitative estimate of drug-likeness (QED) is 0.549. The third-order valence-corrected chi connectivity index (χ3v) is 5.56. The minimum atomic E-state index is -4.10. The number of H-pyrrole nitrogens is 1. The molecule has 3 rings (SSSR count). The fraction of sp³-hybridized carbons (Fsp3) is 0.333. The zero-order chi connectivity index (χ0) is 22.1. The van der Waals surface area contributed by atoms with Crippen LogP contribution in [0.15, 0.2) is 35.5 Å². The lowest BCUT2D eigenvalue weighted by atomic mass is 9.99. The molecule has 0 aliphatic carbocycles. The van der Waals surface area contributed by atoms with Crippen molar-refractivity contribution in [2.45, 2.75) is 32.6 Å². The van der Waals surface area contributed by atoms with Crippen molar-refractivity contribution in [1.29, 1.82) is 0 Å². The van der Waals surface area contributed by atoms with Crippen molar-refractivity contribution in [3.63, 3.8) is 0 Å². The van der Waals surface area contributed by atoms with Gasteiger partial charge >= 0.3 is 0 Å². The van der Waals surface area contributed by atoms with Crippen LogP contribution in [0.3, 0.4) is 0 Å². The molecule has 0 saturated heterocycles. The van der Waals surface area contributed by atoms with E-state index in [1.165, 1.54) is 23.7 Å². The second-order valence-electron chi connectivity index (χ2n) is 7.75. The molecule has 0 aliphatic heterocycles. The molecule has 0 unspecified atom stereocenters. The van der Waals surface area contributed by atoms with Crippen LogP contribution in [-0.4, -0.2) is 45.9 Å². The molecule has 3 aromatic heterocycles. The van der Waals surface area contributed by atoms with Gasteiger partial charge in [0.15, 0.2) is 5.82 Å². The van der Waals surface area contributed by atoms with Gasteiger partial charge < -0.3 is 4.74 Å². The highest BCUT2D eigenvalue weighted by Crippen LogP contribution is 2.20. The summed E-state index contributed by atoms with van der Waals surface area (Å²) in [5, 5.41) is 10.2. The number of nitrogens with one attached hydrogen (secondary N) is 2. The molecular weight excluding hydrogens is 432 g/mol. The average Bonchev–Trinajstić information content (AvgIpc) is 3.28. The van der Waals surface area contributed by atoms with Gasteiger partial charge in [-0.25, -0.2) is 22.8 Å². The van der Waals surface area contributed by atoms with Crippen molar-refractivity contribution in [1.82, 2.24) is 29.7 Å². The normalized spacial score (nSPS) is 12.0. The molecule has 3 aromatic rings. The van der Waals surface area contributed by atoms with Gasteiger partial charge in [-0.05, 0) is 24.5 Å². The second kappa shape index (κ2) is 8.07. The number of nitrogens with zero attached hydrogens (tertiary/aromatic N) is 4. The smallest absolute Gasteiger partial charge is 0.268 e. The van der Waals surface area contributed by atoms with E-state index in [-0.39, 0.29) is 21.0 Å². The van der Waals surface area contributed by atoms with Gasteiger partial charge in [-0.3, -0.25) is 9.89 Å². The van der Waals surface area contributed by atoms with E-state index >= 15 is 0 Å². The highest BCUT2D eigenvalue weighted by molar-refractivity contribution is 7.90. The van der Waals surface area contributed by atoms with E-state index in [0.29, 0.717) is 24.0 Å². The molecule has 10 nitrogen and oxygen atoms in total. The zero-order valence-electron chi connectivity index (χ0n) is 16.8. The summed E-state index contributed by atoms with van der Waals surface area (Å²) in [4.78, 5) is 16.4. The first kappa shape index (κ1) is 21.8. The number of rotatable bonds is 6. The Kier molecular flexibility index (Phi) is 5.86. The van der Waals surface area contributed by atoms with E-state index < -0.39 is 15.9 Å². The molecule has 0 aromatic carbocycles. The average molecular weight is 453 g/mol. The van der Waals surface area contributed by atoms with Crippen molar-refractivity contribution < 1.29 is 17.9 Å². The van der Waals surface area contributed by atoms with Crippen LogP contribution in [0.1, 0.15) is 36.8 Å². The summed E-state index contributed by atoms with van der Waals surface area (Å²) in [6.07, 6.45) is 2.76. The number of sulfonamides is 1. The lowest BCUT2D eigenvalue weighted by Crippen LogP contribution is -2.31. The fourth-order valence-corrected chi connectivity index (χ4v) is 3.71. The Morgan fingerprint density at radius 3 is 2.63 bits per heavy atom. The summed E-state index contributed by atoms with van der Waals surface area (Å²) in [5.74, 6) is -0.142. The molecule has 1 amide bonds. The van der Waals surface area contributed by atoms with Crippen LogP contribution in [0.5, 0.6) is 5.88 Å². The van der Waals surface area contributed by atoms with Gasteiger partial charge in [0, 0.05) is 12.3 Å². The van der Waals surface area contributed by atoms with Gasteiger partial charge in [-0.1, -0.05) is 32.4 Å². The van der Waals surface area contributed by atoms with Crippen LogP contribution < -0.4 is 9.46 Å². The minimum absolute atomic E-state index is 0.0182. The molecule has 0 spiro atoms. The van der Waals surface area contributed by atoms with Crippen LogP contribution in [0, 0.1) is 12.3 Å². The lowest BCUT2D eigenvalue weighted by molar-refractivity contribution is 0.0981. The summed E-state index contributed by atoms with van der Waals surface area (Å²) in [6.45, 7) is 8.15. The van der Waals surface area contributed by atoms with Crippen molar-refractivity contribution in [3.05, 3.63) is 47.0 Å². The summed E-state index contributed by atoms with van der Waals surface area (Å²) in [6, 6.07) is 4.55. The fourth-order valence-electron chi connectivity index (χ4n) is 2.37. The van der Waals surface area contributed by atoms with Crippen molar-refractivity contribution >= 4 is 27.5 Å². The number of aryl methyl sites for hydroxylation is 1. The Morgan fingerprint density at radius 2 is 2.03 bits per heavy atom. The Balaban J connectivity index is 1.76. The first-order chi connectivity index (χ1) is 14.0. The maximum absolute atomic E-state index is 12.4. The van der Waals surface area contributed by atoms with Crippen molar-refractivity contribution in [3.8, 4) is 11.7 Å². The van der Waals surface area contributed by atoms with Crippen LogP contribution in [0.4, 0.5) is 0 Å². The summed E-state index contributed by atoms with van der Waals surface area (Å²) in [5.41, 5.74) is 0.190. The van der Waals surface area contributed by atoms with Crippen LogP contribution >= 0.6 is 11.6 Å². The largest absolute Gasteiger partial charge is 0.476 e. The number of ether oxygens (including phenoxy) is 1. The first-order valence-corrected chi connectivity index (χ1v) is 10.7. The Morgan fingerprint density at radius 1 is 1.30 bits per heavy atom. The zero-order valence-corrected chi connectivity index (χ0v) is 18.4. The molecule has 12 heteroatoms. The predicted octanol–water partition coefficient (Wildman–Crippen LogP) is 2.50. The molecule has 160 valence electrons. The van der Waals surface area contributed by atoms with Crippen LogP contribution in [0.25, 0.3) is 5.82 Å². The van der Waals surface area contributed by atoms with Gasteiger partial charge in [-0.15, -0.1) is 5.10 Å². The number of aromatic nitrogens is 5. The van der Waals surface area contributed by atoms with E-state index in [1.54, 1.807) is 12.3 Å². The number of halogens is 1. The second-order valence-corrected chi connectivity index (χ2v) is 9.76. The van der Waals surface area contributed by atoms with Crippen LogP contribution in [-0.2, 0) is 10.0 Å². The number of aromatic amines is 1. The number of carbonyl (C=O) groups is 1. The Labute approximate surface area is 178 Å². The number of carbonyl (C=O) groups excluding carboxylic acids is 1. The van der Waals surface area contributed by atoms with Gasteiger partial charge in [0.2, 0.25) is 5.88 Å².